The van der Waals surface area contributed by atoms with E-state index in [9.17, 15) is 0 Å². The quantitative estimate of drug-likeness (QED) is 0.768. The highest BCUT2D eigenvalue weighted by atomic mass is 16.3. The zero-order valence-electron chi connectivity index (χ0n) is 12.5. The summed E-state index contributed by atoms with van der Waals surface area (Å²) in [6, 6.07) is 12.3. The first-order valence-corrected chi connectivity index (χ1v) is 7.40. The monoisotopic (exact) mass is 280 g/mol. The smallest absolute Gasteiger partial charge is 0.134 e. The van der Waals surface area contributed by atoms with Crippen molar-refractivity contribution in [2.75, 3.05) is 0 Å². The van der Waals surface area contributed by atoms with Crippen LogP contribution < -0.4 is 5.32 Å². The molecule has 0 amide bonds. The van der Waals surface area contributed by atoms with Crippen LogP contribution in [0.4, 0.5) is 0 Å². The van der Waals surface area contributed by atoms with Crippen molar-refractivity contribution in [2.45, 2.75) is 33.4 Å². The maximum Gasteiger partial charge on any atom is 0.134 e. The number of furan rings is 1. The van der Waals surface area contributed by atoms with Gasteiger partial charge in [-0.05, 0) is 31.0 Å². The highest BCUT2D eigenvalue weighted by Gasteiger charge is 2.10. The average molecular weight is 280 g/mol. The van der Waals surface area contributed by atoms with E-state index < -0.39 is 0 Å². The Balaban J connectivity index is 1.74. The lowest BCUT2D eigenvalue weighted by Crippen LogP contribution is -2.15. The molecule has 0 bridgehead atoms. The van der Waals surface area contributed by atoms with Crippen LogP contribution in [-0.2, 0) is 19.5 Å². The lowest BCUT2D eigenvalue weighted by atomic mass is 10.1. The molecule has 1 N–H and O–H groups in total. The fraction of sp³-hybridized carbons (Fsp3) is 0.278. The molecule has 0 fully saturated rings. The first-order valence-electron chi connectivity index (χ1n) is 7.40. The minimum atomic E-state index is 0.781. The van der Waals surface area contributed by atoms with Gasteiger partial charge in [-0.1, -0.05) is 31.2 Å². The third-order valence-electron chi connectivity index (χ3n) is 3.86. The van der Waals surface area contributed by atoms with Gasteiger partial charge in [0.15, 0.2) is 0 Å². The van der Waals surface area contributed by atoms with E-state index in [1.807, 2.05) is 31.3 Å². The van der Waals surface area contributed by atoms with Crippen LogP contribution >= 0.6 is 0 Å². The number of aromatic nitrogens is 1. The van der Waals surface area contributed by atoms with Gasteiger partial charge in [0.05, 0.1) is 5.69 Å². The Hall–Kier alpha value is -2.13. The third kappa shape index (κ3) is 2.83. The van der Waals surface area contributed by atoms with E-state index in [4.69, 9.17) is 4.42 Å². The fourth-order valence-corrected chi connectivity index (χ4v) is 2.70. The summed E-state index contributed by atoms with van der Waals surface area (Å²) in [7, 11) is 0. The molecule has 0 saturated carbocycles. The van der Waals surface area contributed by atoms with Gasteiger partial charge in [-0.15, -0.1) is 0 Å². The van der Waals surface area contributed by atoms with Crippen LogP contribution in [0, 0.1) is 6.92 Å². The standard InChI is InChI=1S/C18H20N2O/c1-3-14-7-6-10-20-17(14)12-19-11-16-13(2)21-18-9-5-4-8-15(16)18/h4-10,19H,3,11-12H2,1-2H3. The zero-order valence-corrected chi connectivity index (χ0v) is 12.5. The lowest BCUT2D eigenvalue weighted by molar-refractivity contribution is 0.564. The highest BCUT2D eigenvalue weighted by molar-refractivity contribution is 5.82. The molecule has 0 aliphatic carbocycles. The minimum Gasteiger partial charge on any atom is -0.461 e. The molecule has 2 heterocycles. The van der Waals surface area contributed by atoms with Gasteiger partial charge in [0.1, 0.15) is 11.3 Å². The number of hydrogen-bond donors (Lipinski definition) is 1. The summed E-state index contributed by atoms with van der Waals surface area (Å²) in [4.78, 5) is 4.47. The van der Waals surface area contributed by atoms with Crippen molar-refractivity contribution in [2.24, 2.45) is 0 Å². The van der Waals surface area contributed by atoms with Crippen molar-refractivity contribution in [3.05, 3.63) is 65.2 Å². The highest BCUT2D eigenvalue weighted by Crippen LogP contribution is 2.25. The van der Waals surface area contributed by atoms with Gasteiger partial charge >= 0.3 is 0 Å². The van der Waals surface area contributed by atoms with Crippen molar-refractivity contribution >= 4 is 11.0 Å². The molecule has 1 aromatic carbocycles. The van der Waals surface area contributed by atoms with Crippen molar-refractivity contribution in [1.82, 2.24) is 10.3 Å². The Morgan fingerprint density at radius 2 is 1.95 bits per heavy atom. The second kappa shape index (κ2) is 6.10. The molecular formula is C18H20N2O. The van der Waals surface area contributed by atoms with Gasteiger partial charge in [0.2, 0.25) is 0 Å². The van der Waals surface area contributed by atoms with E-state index in [0.717, 1.165) is 36.5 Å². The van der Waals surface area contributed by atoms with Crippen LogP contribution in [-0.4, -0.2) is 4.98 Å². The maximum atomic E-state index is 5.79. The second-order valence-corrected chi connectivity index (χ2v) is 5.20. The predicted molar refractivity (Wildman–Crippen MR) is 85.1 cm³/mol. The molecule has 0 aliphatic rings. The summed E-state index contributed by atoms with van der Waals surface area (Å²) in [6.45, 7) is 5.76. The van der Waals surface area contributed by atoms with Crippen LogP contribution in [0.3, 0.4) is 0 Å². The molecule has 21 heavy (non-hydrogen) atoms. The number of nitrogens with one attached hydrogen (secondary N) is 1. The molecule has 0 spiro atoms. The van der Waals surface area contributed by atoms with Gasteiger partial charge < -0.3 is 9.73 Å². The number of rotatable bonds is 5. The van der Waals surface area contributed by atoms with Gasteiger partial charge in [0, 0.05) is 30.2 Å². The molecule has 0 aliphatic heterocycles. The third-order valence-corrected chi connectivity index (χ3v) is 3.86. The molecule has 108 valence electrons. The Bertz CT molecular complexity index is 746. The topological polar surface area (TPSA) is 38.1 Å². The number of hydrogen-bond acceptors (Lipinski definition) is 3. The molecule has 0 unspecified atom stereocenters. The van der Waals surface area contributed by atoms with Gasteiger partial charge in [-0.3, -0.25) is 4.98 Å². The van der Waals surface area contributed by atoms with Crippen LogP contribution in [0.2, 0.25) is 0 Å². The van der Waals surface area contributed by atoms with Gasteiger partial charge in [-0.25, -0.2) is 0 Å². The SMILES string of the molecule is CCc1cccnc1CNCc1c(C)oc2ccccc12. The van der Waals surface area contributed by atoms with Crippen LogP contribution in [0.25, 0.3) is 11.0 Å². The first-order chi connectivity index (χ1) is 10.3. The van der Waals surface area contributed by atoms with E-state index >= 15 is 0 Å². The summed E-state index contributed by atoms with van der Waals surface area (Å²) < 4.78 is 5.79. The van der Waals surface area contributed by atoms with E-state index in [1.54, 1.807) is 0 Å². The summed E-state index contributed by atoms with van der Waals surface area (Å²) >= 11 is 0. The summed E-state index contributed by atoms with van der Waals surface area (Å²) in [5.41, 5.74) is 4.63. The normalized spacial score (nSPS) is 11.1. The number of benzene rings is 1. The number of nitrogens with zero attached hydrogens (tertiary/aromatic N) is 1. The van der Waals surface area contributed by atoms with Crippen LogP contribution in [0.1, 0.15) is 29.5 Å². The number of para-hydroxylation sites is 1. The van der Waals surface area contributed by atoms with E-state index in [1.165, 1.54) is 16.5 Å². The molecule has 0 saturated heterocycles. The Morgan fingerprint density at radius 1 is 1.10 bits per heavy atom. The lowest BCUT2D eigenvalue weighted by Gasteiger charge is -2.08. The molecular weight excluding hydrogens is 260 g/mol. The molecule has 3 heteroatoms. The van der Waals surface area contributed by atoms with Crippen molar-refractivity contribution in [1.29, 1.82) is 0 Å². The maximum absolute atomic E-state index is 5.79. The Morgan fingerprint density at radius 3 is 2.81 bits per heavy atom. The van der Waals surface area contributed by atoms with E-state index in [-0.39, 0.29) is 0 Å². The summed E-state index contributed by atoms with van der Waals surface area (Å²) in [6.07, 6.45) is 2.87. The van der Waals surface area contributed by atoms with Crippen molar-refractivity contribution in [3.63, 3.8) is 0 Å². The first kappa shape index (κ1) is 13.8. The van der Waals surface area contributed by atoms with Crippen molar-refractivity contribution in [3.8, 4) is 0 Å². The van der Waals surface area contributed by atoms with E-state index in [0.29, 0.717) is 0 Å². The summed E-state index contributed by atoms with van der Waals surface area (Å²) in [5, 5.41) is 4.68. The average Bonchev–Trinajstić information content (AvgIpc) is 2.84. The van der Waals surface area contributed by atoms with Gasteiger partial charge in [-0.2, -0.15) is 0 Å². The molecule has 3 aromatic rings. The molecule has 0 radical (unpaired) electrons. The molecule has 3 rings (SSSR count). The number of fused-ring (bicyclic) bond motifs is 1. The number of pyridine rings is 1. The van der Waals surface area contributed by atoms with Crippen LogP contribution in [0.15, 0.2) is 47.0 Å². The Labute approximate surface area is 125 Å². The molecule has 0 atom stereocenters. The van der Waals surface area contributed by atoms with Gasteiger partial charge in [0.25, 0.3) is 0 Å². The molecule has 2 aromatic heterocycles. The fourth-order valence-electron chi connectivity index (χ4n) is 2.70. The predicted octanol–water partition coefficient (Wildman–Crippen LogP) is 3.99. The number of aryl methyl sites for hydroxylation is 2. The minimum absolute atomic E-state index is 0.781. The summed E-state index contributed by atoms with van der Waals surface area (Å²) in [5.74, 6) is 0.987. The zero-order chi connectivity index (χ0) is 14.7. The van der Waals surface area contributed by atoms with E-state index in [2.05, 4.69) is 35.4 Å². The molecule has 3 nitrogen and oxygen atoms in total. The second-order valence-electron chi connectivity index (χ2n) is 5.20. The largest absolute Gasteiger partial charge is 0.461 e. The van der Waals surface area contributed by atoms with Crippen LogP contribution in [0.5, 0.6) is 0 Å². The van der Waals surface area contributed by atoms with Crippen molar-refractivity contribution < 1.29 is 4.42 Å². The Kier molecular flexibility index (Phi) is 4.02.